The lowest BCUT2D eigenvalue weighted by Gasteiger charge is -2.28. The molecule has 6 nitrogen and oxygen atoms in total. The number of benzene rings is 1. The molecule has 1 amide bonds. The normalized spacial score (nSPS) is 14.2. The Kier molecular flexibility index (Phi) is 4.93. The van der Waals surface area contributed by atoms with Gasteiger partial charge in [0.25, 0.3) is 5.91 Å². The highest BCUT2D eigenvalue weighted by atomic mass is 19.3. The molecule has 1 aromatic heterocycles. The van der Waals surface area contributed by atoms with Crippen molar-refractivity contribution in [1.29, 1.82) is 0 Å². The Morgan fingerprint density at radius 2 is 2.04 bits per heavy atom. The van der Waals surface area contributed by atoms with Crippen molar-refractivity contribution >= 4 is 5.91 Å². The average molecular weight is 342 g/mol. The number of methoxy groups -OCH3 is 1. The third kappa shape index (κ3) is 3.40. The van der Waals surface area contributed by atoms with E-state index in [1.807, 2.05) is 0 Å². The Morgan fingerprint density at radius 1 is 1.38 bits per heavy atom. The molecule has 1 aromatic carbocycles. The zero-order valence-corrected chi connectivity index (χ0v) is 13.4. The van der Waals surface area contributed by atoms with Gasteiger partial charge in [0.2, 0.25) is 5.82 Å². The number of aromatic nitrogens is 3. The van der Waals surface area contributed by atoms with E-state index in [0.717, 1.165) is 6.07 Å². The van der Waals surface area contributed by atoms with Crippen LogP contribution in [0.5, 0.6) is 0 Å². The van der Waals surface area contributed by atoms with E-state index in [0.29, 0.717) is 0 Å². The van der Waals surface area contributed by atoms with Gasteiger partial charge in [0, 0.05) is 12.7 Å². The highest BCUT2D eigenvalue weighted by Crippen LogP contribution is 2.29. The van der Waals surface area contributed by atoms with Gasteiger partial charge in [0.05, 0.1) is 6.54 Å². The lowest BCUT2D eigenvalue weighted by atomic mass is 9.94. The second-order valence-corrected chi connectivity index (χ2v) is 5.35. The van der Waals surface area contributed by atoms with Gasteiger partial charge in [0.1, 0.15) is 11.6 Å². The molecule has 0 aliphatic rings. The fourth-order valence-electron chi connectivity index (χ4n) is 2.12. The molecule has 9 heteroatoms. The number of H-pyrrole nitrogens is 1. The lowest BCUT2D eigenvalue weighted by molar-refractivity contribution is -0.145. The van der Waals surface area contributed by atoms with Crippen molar-refractivity contribution < 1.29 is 22.7 Å². The predicted octanol–water partition coefficient (Wildman–Crippen LogP) is 2.02. The fraction of sp³-hybridized carbons (Fsp3) is 0.400. The van der Waals surface area contributed by atoms with Crippen molar-refractivity contribution in [2.45, 2.75) is 25.4 Å². The summed E-state index contributed by atoms with van der Waals surface area (Å²) >= 11 is 0. The number of carbonyl (C=O) groups is 1. The van der Waals surface area contributed by atoms with Crippen molar-refractivity contribution in [3.05, 3.63) is 47.3 Å². The summed E-state index contributed by atoms with van der Waals surface area (Å²) in [6.45, 7) is 1.73. The molecular weight excluding hydrogens is 325 g/mol. The molecule has 1 unspecified atom stereocenters. The Bertz CT molecular complexity index is 735. The quantitative estimate of drug-likeness (QED) is 0.842. The first-order chi connectivity index (χ1) is 11.2. The maximum Gasteiger partial charge on any atom is 0.325 e. The first-order valence-corrected chi connectivity index (χ1v) is 7.06. The van der Waals surface area contributed by atoms with Crippen molar-refractivity contribution in [3.8, 4) is 0 Å². The number of halogens is 3. The number of hydrogen-bond donors (Lipinski definition) is 2. The highest BCUT2D eigenvalue weighted by molar-refractivity contribution is 5.86. The molecule has 0 aliphatic carbocycles. The van der Waals surface area contributed by atoms with Crippen molar-refractivity contribution in [1.82, 2.24) is 20.5 Å². The number of alkyl halides is 2. The Hall–Kier alpha value is -2.42. The molecule has 130 valence electrons. The van der Waals surface area contributed by atoms with Gasteiger partial charge in [0.15, 0.2) is 5.60 Å². The number of nitrogens with one attached hydrogen (secondary N) is 2. The van der Waals surface area contributed by atoms with Gasteiger partial charge in [-0.3, -0.25) is 9.89 Å². The Balaban J connectivity index is 2.17. The van der Waals surface area contributed by atoms with E-state index in [1.165, 1.54) is 39.2 Å². The third-order valence-electron chi connectivity index (χ3n) is 3.62. The number of hydrogen-bond acceptors (Lipinski definition) is 4. The molecule has 1 atom stereocenters. The smallest absolute Gasteiger partial charge is 0.325 e. The minimum Gasteiger partial charge on any atom is -0.364 e. The summed E-state index contributed by atoms with van der Waals surface area (Å²) in [5.41, 5.74) is -1.81. The summed E-state index contributed by atoms with van der Waals surface area (Å²) in [5.74, 6) is -5.56. The number of ether oxygens (including phenoxy) is 1. The Morgan fingerprint density at radius 3 is 2.58 bits per heavy atom. The monoisotopic (exact) mass is 342 g/mol. The average Bonchev–Trinajstić information content (AvgIpc) is 3.00. The molecule has 0 aliphatic heterocycles. The van der Waals surface area contributed by atoms with Gasteiger partial charge >= 0.3 is 5.92 Å². The van der Waals surface area contributed by atoms with Gasteiger partial charge in [-0.05, 0) is 19.9 Å². The molecule has 2 aromatic rings. The van der Waals surface area contributed by atoms with E-state index < -0.39 is 35.6 Å². The summed E-state index contributed by atoms with van der Waals surface area (Å²) in [5, 5.41) is 7.77. The summed E-state index contributed by atoms with van der Waals surface area (Å²) < 4.78 is 47.1. The fourth-order valence-corrected chi connectivity index (χ4v) is 2.12. The number of rotatable bonds is 6. The summed E-state index contributed by atoms with van der Waals surface area (Å²) in [4.78, 5) is 15.9. The summed E-state index contributed by atoms with van der Waals surface area (Å²) in [7, 11) is 1.20. The van der Waals surface area contributed by atoms with E-state index in [9.17, 15) is 18.0 Å². The van der Waals surface area contributed by atoms with Crippen LogP contribution in [0.3, 0.4) is 0 Å². The SMILES string of the molecule is COC(C)(C(=O)NCC(F)(F)c1n[nH]c(C)n1)c1ccccc1F. The lowest BCUT2D eigenvalue weighted by Crippen LogP contribution is -2.47. The molecule has 0 spiro atoms. The molecule has 0 fully saturated rings. The van der Waals surface area contributed by atoms with Gasteiger partial charge in [-0.25, -0.2) is 9.37 Å². The van der Waals surface area contributed by atoms with Gasteiger partial charge < -0.3 is 10.1 Å². The first-order valence-electron chi connectivity index (χ1n) is 7.06. The van der Waals surface area contributed by atoms with Crippen LogP contribution in [-0.2, 0) is 21.1 Å². The zero-order chi connectivity index (χ0) is 18.0. The second-order valence-electron chi connectivity index (χ2n) is 5.35. The van der Waals surface area contributed by atoms with Crippen LogP contribution >= 0.6 is 0 Å². The van der Waals surface area contributed by atoms with Crippen LogP contribution < -0.4 is 5.32 Å². The molecule has 0 radical (unpaired) electrons. The van der Waals surface area contributed by atoms with E-state index in [2.05, 4.69) is 20.5 Å². The van der Waals surface area contributed by atoms with Crippen molar-refractivity contribution in [2.24, 2.45) is 0 Å². The molecule has 0 bridgehead atoms. The van der Waals surface area contributed by atoms with Crippen LogP contribution in [0.25, 0.3) is 0 Å². The maximum absolute atomic E-state index is 14.0. The van der Waals surface area contributed by atoms with Crippen LogP contribution in [0.4, 0.5) is 13.2 Å². The van der Waals surface area contributed by atoms with Crippen LogP contribution in [0, 0.1) is 12.7 Å². The number of nitrogens with zero attached hydrogens (tertiary/aromatic N) is 2. The number of aromatic amines is 1. The molecule has 24 heavy (non-hydrogen) atoms. The molecular formula is C15H17F3N4O2. The molecule has 2 rings (SSSR count). The predicted molar refractivity (Wildman–Crippen MR) is 78.8 cm³/mol. The van der Waals surface area contributed by atoms with Crippen molar-refractivity contribution in [3.63, 3.8) is 0 Å². The second kappa shape index (κ2) is 6.60. The molecule has 0 saturated heterocycles. The third-order valence-corrected chi connectivity index (χ3v) is 3.62. The van der Waals surface area contributed by atoms with Crippen LogP contribution in [0.2, 0.25) is 0 Å². The van der Waals surface area contributed by atoms with E-state index in [-0.39, 0.29) is 11.4 Å². The van der Waals surface area contributed by atoms with E-state index in [1.54, 1.807) is 0 Å². The van der Waals surface area contributed by atoms with E-state index >= 15 is 0 Å². The van der Waals surface area contributed by atoms with E-state index in [4.69, 9.17) is 4.74 Å². The summed E-state index contributed by atoms with van der Waals surface area (Å²) in [6.07, 6.45) is 0. The first kappa shape index (κ1) is 17.9. The minimum absolute atomic E-state index is 0.0537. The molecule has 0 saturated carbocycles. The van der Waals surface area contributed by atoms with Gasteiger partial charge in [-0.1, -0.05) is 18.2 Å². The number of carbonyl (C=O) groups excluding carboxylic acids is 1. The topological polar surface area (TPSA) is 79.9 Å². The summed E-state index contributed by atoms with van der Waals surface area (Å²) in [6, 6.07) is 5.49. The Labute approximate surface area is 136 Å². The maximum atomic E-state index is 14.0. The molecule has 2 N–H and O–H groups in total. The zero-order valence-electron chi connectivity index (χ0n) is 13.4. The minimum atomic E-state index is -3.48. The largest absolute Gasteiger partial charge is 0.364 e. The number of aryl methyl sites for hydroxylation is 1. The van der Waals surface area contributed by atoms with Gasteiger partial charge in [-0.15, -0.1) is 0 Å². The van der Waals surface area contributed by atoms with Crippen molar-refractivity contribution in [2.75, 3.05) is 13.7 Å². The standard InChI is InChI=1S/C15H17F3N4O2/c1-9-20-12(22-21-9)15(17,18)8-19-13(23)14(2,24-3)10-6-4-5-7-11(10)16/h4-7H,8H2,1-3H3,(H,19,23)(H,20,21,22). The van der Waals surface area contributed by atoms with Crippen LogP contribution in [0.15, 0.2) is 24.3 Å². The van der Waals surface area contributed by atoms with Crippen LogP contribution in [-0.4, -0.2) is 34.7 Å². The number of amides is 1. The van der Waals surface area contributed by atoms with Gasteiger partial charge in [-0.2, -0.15) is 13.9 Å². The van der Waals surface area contributed by atoms with Crippen LogP contribution in [0.1, 0.15) is 24.1 Å². The molecule has 1 heterocycles. The highest BCUT2D eigenvalue weighted by Gasteiger charge is 2.41.